The fourth-order valence-electron chi connectivity index (χ4n) is 1.24. The lowest BCUT2D eigenvalue weighted by Gasteiger charge is -2.01. The Balaban J connectivity index is 1.99. The first kappa shape index (κ1) is 10.2. The minimum absolute atomic E-state index is 0.956. The summed E-state index contributed by atoms with van der Waals surface area (Å²) in [5.41, 5.74) is 2.33. The summed E-state index contributed by atoms with van der Waals surface area (Å²) in [6, 6.07) is 12.4. The van der Waals surface area contributed by atoms with Crippen molar-refractivity contribution in [2.24, 2.45) is 0 Å². The van der Waals surface area contributed by atoms with Gasteiger partial charge >= 0.3 is 0 Å². The molecule has 76 valence electrons. The SMILES string of the molecule is Cc1cc(SCc2ccccc2)ncn1. The third-order valence-corrected chi connectivity index (χ3v) is 3.00. The van der Waals surface area contributed by atoms with Gasteiger partial charge in [0.2, 0.25) is 0 Å². The molecule has 0 fully saturated rings. The van der Waals surface area contributed by atoms with Crippen molar-refractivity contribution in [2.45, 2.75) is 17.7 Å². The van der Waals surface area contributed by atoms with Crippen molar-refractivity contribution < 1.29 is 0 Å². The maximum Gasteiger partial charge on any atom is 0.116 e. The van der Waals surface area contributed by atoms with E-state index in [1.54, 1.807) is 18.1 Å². The zero-order chi connectivity index (χ0) is 10.5. The van der Waals surface area contributed by atoms with Crippen molar-refractivity contribution in [1.82, 2.24) is 9.97 Å². The van der Waals surface area contributed by atoms with Gasteiger partial charge in [0.1, 0.15) is 6.33 Å². The quantitative estimate of drug-likeness (QED) is 0.582. The molecule has 15 heavy (non-hydrogen) atoms. The Labute approximate surface area is 93.8 Å². The summed E-state index contributed by atoms with van der Waals surface area (Å²) >= 11 is 1.74. The molecule has 0 spiro atoms. The first-order chi connectivity index (χ1) is 7.34. The summed E-state index contributed by atoms with van der Waals surface area (Å²) in [6.07, 6.45) is 1.61. The average molecular weight is 216 g/mol. The van der Waals surface area contributed by atoms with Crippen molar-refractivity contribution in [3.8, 4) is 0 Å². The number of rotatable bonds is 3. The summed E-state index contributed by atoms with van der Waals surface area (Å²) in [5.74, 6) is 0.956. The Morgan fingerprint density at radius 2 is 1.93 bits per heavy atom. The van der Waals surface area contributed by atoms with Crippen LogP contribution < -0.4 is 0 Å². The summed E-state index contributed by atoms with van der Waals surface area (Å²) in [7, 11) is 0. The van der Waals surface area contributed by atoms with Gasteiger partial charge in [-0.15, -0.1) is 11.8 Å². The van der Waals surface area contributed by atoms with Gasteiger partial charge in [-0.3, -0.25) is 0 Å². The van der Waals surface area contributed by atoms with E-state index in [4.69, 9.17) is 0 Å². The van der Waals surface area contributed by atoms with Crippen LogP contribution in [0.1, 0.15) is 11.3 Å². The number of thioether (sulfide) groups is 1. The molecule has 0 aliphatic rings. The van der Waals surface area contributed by atoms with E-state index in [1.165, 1.54) is 5.56 Å². The third-order valence-electron chi connectivity index (χ3n) is 2.01. The number of hydrogen-bond donors (Lipinski definition) is 0. The van der Waals surface area contributed by atoms with Crippen LogP contribution in [-0.4, -0.2) is 9.97 Å². The fraction of sp³-hybridized carbons (Fsp3) is 0.167. The minimum atomic E-state index is 0.956. The topological polar surface area (TPSA) is 25.8 Å². The van der Waals surface area contributed by atoms with Crippen LogP contribution in [0, 0.1) is 6.92 Å². The van der Waals surface area contributed by atoms with E-state index in [0.717, 1.165) is 16.5 Å². The monoisotopic (exact) mass is 216 g/mol. The molecule has 1 aromatic carbocycles. The lowest BCUT2D eigenvalue weighted by molar-refractivity contribution is 1.01. The van der Waals surface area contributed by atoms with Crippen molar-refractivity contribution in [2.75, 3.05) is 0 Å². The number of hydrogen-bond acceptors (Lipinski definition) is 3. The predicted octanol–water partition coefficient (Wildman–Crippen LogP) is 3.08. The van der Waals surface area contributed by atoms with Crippen molar-refractivity contribution in [3.05, 3.63) is 54.0 Å². The molecular weight excluding hydrogens is 204 g/mol. The van der Waals surface area contributed by atoms with E-state index in [-0.39, 0.29) is 0 Å². The van der Waals surface area contributed by atoms with E-state index >= 15 is 0 Å². The van der Waals surface area contributed by atoms with Crippen LogP contribution in [0.5, 0.6) is 0 Å². The molecule has 0 saturated heterocycles. The second kappa shape index (κ2) is 4.94. The standard InChI is InChI=1S/C12H12N2S/c1-10-7-12(14-9-13-10)15-8-11-5-3-2-4-6-11/h2-7,9H,8H2,1H3. The van der Waals surface area contributed by atoms with E-state index in [9.17, 15) is 0 Å². The fourth-order valence-corrected chi connectivity index (χ4v) is 2.12. The van der Waals surface area contributed by atoms with Gasteiger partial charge in [0.25, 0.3) is 0 Å². The van der Waals surface area contributed by atoms with Gasteiger partial charge in [0, 0.05) is 11.4 Å². The minimum Gasteiger partial charge on any atom is -0.242 e. The highest BCUT2D eigenvalue weighted by Gasteiger charge is 1.97. The highest BCUT2D eigenvalue weighted by molar-refractivity contribution is 7.98. The Hall–Kier alpha value is -1.35. The van der Waals surface area contributed by atoms with E-state index in [1.807, 2.05) is 19.1 Å². The molecule has 2 aromatic rings. The average Bonchev–Trinajstić information content (AvgIpc) is 2.28. The highest BCUT2D eigenvalue weighted by Crippen LogP contribution is 2.20. The summed E-state index contributed by atoms with van der Waals surface area (Å²) < 4.78 is 0. The smallest absolute Gasteiger partial charge is 0.116 e. The van der Waals surface area contributed by atoms with Crippen LogP contribution in [0.3, 0.4) is 0 Å². The van der Waals surface area contributed by atoms with Gasteiger partial charge in [-0.25, -0.2) is 9.97 Å². The largest absolute Gasteiger partial charge is 0.242 e. The normalized spacial score (nSPS) is 10.2. The van der Waals surface area contributed by atoms with Gasteiger partial charge < -0.3 is 0 Å². The number of aromatic nitrogens is 2. The first-order valence-electron chi connectivity index (χ1n) is 4.80. The Kier molecular flexibility index (Phi) is 3.35. The highest BCUT2D eigenvalue weighted by atomic mass is 32.2. The lowest BCUT2D eigenvalue weighted by Crippen LogP contribution is -1.86. The molecule has 0 aliphatic heterocycles. The molecule has 0 amide bonds. The summed E-state index contributed by atoms with van der Waals surface area (Å²) in [4.78, 5) is 8.28. The second-order valence-electron chi connectivity index (χ2n) is 3.27. The number of aryl methyl sites for hydroxylation is 1. The van der Waals surface area contributed by atoms with E-state index in [0.29, 0.717) is 0 Å². The Bertz CT molecular complexity index is 429. The maximum atomic E-state index is 4.21. The molecule has 2 rings (SSSR count). The summed E-state index contributed by atoms with van der Waals surface area (Å²) in [6.45, 7) is 1.98. The molecule has 0 saturated carbocycles. The Morgan fingerprint density at radius 1 is 1.13 bits per heavy atom. The van der Waals surface area contributed by atoms with Gasteiger partial charge in [-0.05, 0) is 18.6 Å². The number of nitrogens with zero attached hydrogens (tertiary/aromatic N) is 2. The molecular formula is C12H12N2S. The molecule has 0 atom stereocenters. The third kappa shape index (κ3) is 3.06. The zero-order valence-corrected chi connectivity index (χ0v) is 9.37. The van der Waals surface area contributed by atoms with E-state index < -0.39 is 0 Å². The van der Waals surface area contributed by atoms with Crippen LogP contribution >= 0.6 is 11.8 Å². The molecule has 0 N–H and O–H groups in total. The molecule has 0 aliphatic carbocycles. The molecule has 1 heterocycles. The van der Waals surface area contributed by atoms with Crippen LogP contribution in [0.2, 0.25) is 0 Å². The summed E-state index contributed by atoms with van der Waals surface area (Å²) in [5, 5.41) is 1.03. The van der Waals surface area contributed by atoms with Crippen molar-refractivity contribution in [1.29, 1.82) is 0 Å². The van der Waals surface area contributed by atoms with Crippen LogP contribution in [0.25, 0.3) is 0 Å². The molecule has 0 bridgehead atoms. The van der Waals surface area contributed by atoms with Gasteiger partial charge in [0.15, 0.2) is 0 Å². The van der Waals surface area contributed by atoms with Crippen LogP contribution in [-0.2, 0) is 5.75 Å². The zero-order valence-electron chi connectivity index (χ0n) is 8.55. The van der Waals surface area contributed by atoms with Crippen LogP contribution in [0.4, 0.5) is 0 Å². The maximum absolute atomic E-state index is 4.21. The second-order valence-corrected chi connectivity index (χ2v) is 4.27. The molecule has 3 heteroatoms. The van der Waals surface area contributed by atoms with E-state index in [2.05, 4.69) is 34.2 Å². The van der Waals surface area contributed by atoms with Crippen molar-refractivity contribution in [3.63, 3.8) is 0 Å². The molecule has 2 nitrogen and oxygen atoms in total. The van der Waals surface area contributed by atoms with Crippen LogP contribution in [0.15, 0.2) is 47.8 Å². The molecule has 0 unspecified atom stereocenters. The predicted molar refractivity (Wildman–Crippen MR) is 62.8 cm³/mol. The Morgan fingerprint density at radius 3 is 2.67 bits per heavy atom. The molecule has 1 aromatic heterocycles. The first-order valence-corrected chi connectivity index (χ1v) is 5.78. The van der Waals surface area contributed by atoms with Gasteiger partial charge in [-0.1, -0.05) is 30.3 Å². The number of benzene rings is 1. The van der Waals surface area contributed by atoms with Gasteiger partial charge in [0.05, 0.1) is 5.03 Å². The molecule has 0 radical (unpaired) electrons. The lowest BCUT2D eigenvalue weighted by atomic mass is 10.2. The van der Waals surface area contributed by atoms with Crippen molar-refractivity contribution >= 4 is 11.8 Å². The van der Waals surface area contributed by atoms with Gasteiger partial charge in [-0.2, -0.15) is 0 Å².